The lowest BCUT2D eigenvalue weighted by Crippen LogP contribution is -2.50. The normalized spacial score (nSPS) is 16.6. The molecule has 0 radical (unpaired) electrons. The minimum Gasteiger partial charge on any atom is -0.497 e. The van der Waals surface area contributed by atoms with Crippen LogP contribution in [0.2, 0.25) is 0 Å². The van der Waals surface area contributed by atoms with Gasteiger partial charge in [0.25, 0.3) is 0 Å². The average molecular weight is 427 g/mol. The van der Waals surface area contributed by atoms with Gasteiger partial charge in [-0.3, -0.25) is 0 Å². The number of hydrogen-bond donors (Lipinski definition) is 0. The molecule has 152 valence electrons. The SMILES string of the molecule is COc1ccc(S(=O)(=O)N2CCN(S(=O)(=O)c3ccccc3)CC2)c(OC)c1. The van der Waals surface area contributed by atoms with Gasteiger partial charge in [-0.1, -0.05) is 18.2 Å². The molecule has 0 unspecified atom stereocenters. The predicted molar refractivity (Wildman–Crippen MR) is 104 cm³/mol. The van der Waals surface area contributed by atoms with Gasteiger partial charge in [-0.15, -0.1) is 0 Å². The van der Waals surface area contributed by atoms with Crippen LogP contribution in [0.15, 0.2) is 58.3 Å². The first kappa shape index (κ1) is 20.6. The molecule has 1 saturated heterocycles. The van der Waals surface area contributed by atoms with Gasteiger partial charge in [-0.05, 0) is 24.3 Å². The van der Waals surface area contributed by atoms with Crippen molar-refractivity contribution in [3.05, 3.63) is 48.5 Å². The number of methoxy groups -OCH3 is 2. The lowest BCUT2D eigenvalue weighted by Gasteiger charge is -2.33. The summed E-state index contributed by atoms with van der Waals surface area (Å²) in [5.41, 5.74) is 0. The highest BCUT2D eigenvalue weighted by Gasteiger charge is 2.35. The summed E-state index contributed by atoms with van der Waals surface area (Å²) in [7, 11) is -4.61. The standard InChI is InChI=1S/C18H22N2O6S2/c1-25-15-8-9-18(17(14-15)26-2)28(23,24)20-12-10-19(11-13-20)27(21,22)16-6-4-3-5-7-16/h3-9,14H,10-13H2,1-2H3. The van der Waals surface area contributed by atoms with Crippen LogP contribution in [0.25, 0.3) is 0 Å². The van der Waals surface area contributed by atoms with Gasteiger partial charge in [0.15, 0.2) is 0 Å². The number of ether oxygens (including phenoxy) is 2. The summed E-state index contributed by atoms with van der Waals surface area (Å²) < 4.78 is 64.4. The van der Waals surface area contributed by atoms with Crippen LogP contribution in [-0.4, -0.2) is 65.8 Å². The molecule has 2 aromatic rings. The molecule has 10 heteroatoms. The Balaban J connectivity index is 1.79. The first-order valence-electron chi connectivity index (χ1n) is 8.58. The van der Waals surface area contributed by atoms with E-state index < -0.39 is 20.0 Å². The molecular weight excluding hydrogens is 404 g/mol. The van der Waals surface area contributed by atoms with Crippen molar-refractivity contribution in [3.63, 3.8) is 0 Å². The molecule has 3 rings (SSSR count). The Kier molecular flexibility index (Phi) is 5.94. The molecule has 0 amide bonds. The molecule has 1 fully saturated rings. The highest BCUT2D eigenvalue weighted by molar-refractivity contribution is 7.89. The van der Waals surface area contributed by atoms with Crippen LogP contribution >= 0.6 is 0 Å². The van der Waals surface area contributed by atoms with E-state index in [0.29, 0.717) is 5.75 Å². The number of nitrogens with zero attached hydrogens (tertiary/aromatic N) is 2. The van der Waals surface area contributed by atoms with Gasteiger partial charge < -0.3 is 9.47 Å². The van der Waals surface area contributed by atoms with Crippen LogP contribution in [0.3, 0.4) is 0 Å². The molecule has 1 heterocycles. The largest absolute Gasteiger partial charge is 0.497 e. The molecular formula is C18H22N2O6S2. The lowest BCUT2D eigenvalue weighted by atomic mass is 10.3. The molecule has 0 aliphatic carbocycles. The molecule has 1 aliphatic rings. The van der Waals surface area contributed by atoms with Crippen molar-refractivity contribution in [2.45, 2.75) is 9.79 Å². The van der Waals surface area contributed by atoms with E-state index >= 15 is 0 Å². The molecule has 0 atom stereocenters. The summed E-state index contributed by atoms with van der Waals surface area (Å²) in [5, 5.41) is 0. The minimum absolute atomic E-state index is 0.0233. The van der Waals surface area contributed by atoms with Gasteiger partial charge in [-0.25, -0.2) is 16.8 Å². The smallest absolute Gasteiger partial charge is 0.246 e. The number of hydrogen-bond acceptors (Lipinski definition) is 6. The maximum absolute atomic E-state index is 13.0. The van der Waals surface area contributed by atoms with Crippen LogP contribution in [0, 0.1) is 0 Å². The van der Waals surface area contributed by atoms with Crippen LogP contribution in [0.5, 0.6) is 11.5 Å². The van der Waals surface area contributed by atoms with Gasteiger partial charge in [0.05, 0.1) is 19.1 Å². The molecule has 28 heavy (non-hydrogen) atoms. The van der Waals surface area contributed by atoms with Crippen molar-refractivity contribution >= 4 is 20.0 Å². The zero-order chi connectivity index (χ0) is 20.4. The second-order valence-electron chi connectivity index (χ2n) is 6.14. The van der Waals surface area contributed by atoms with Crippen molar-refractivity contribution in [1.29, 1.82) is 0 Å². The molecule has 0 N–H and O–H groups in total. The van der Waals surface area contributed by atoms with E-state index in [4.69, 9.17) is 9.47 Å². The zero-order valence-electron chi connectivity index (χ0n) is 15.6. The third-order valence-electron chi connectivity index (χ3n) is 4.57. The van der Waals surface area contributed by atoms with E-state index in [1.165, 1.54) is 47.1 Å². The topological polar surface area (TPSA) is 93.2 Å². The molecule has 0 bridgehead atoms. The number of piperazine rings is 1. The summed E-state index contributed by atoms with van der Waals surface area (Å²) in [4.78, 5) is 0.221. The molecule has 2 aromatic carbocycles. The van der Waals surface area contributed by atoms with Crippen molar-refractivity contribution in [2.75, 3.05) is 40.4 Å². The first-order chi connectivity index (χ1) is 13.3. The maximum Gasteiger partial charge on any atom is 0.246 e. The Morgan fingerprint density at radius 1 is 0.750 bits per heavy atom. The van der Waals surface area contributed by atoms with E-state index in [1.807, 2.05) is 0 Å². The summed E-state index contributed by atoms with van der Waals surface area (Å²) in [6.45, 7) is 0.275. The van der Waals surface area contributed by atoms with Crippen molar-refractivity contribution in [2.24, 2.45) is 0 Å². The van der Waals surface area contributed by atoms with E-state index in [2.05, 4.69) is 0 Å². The monoisotopic (exact) mass is 426 g/mol. The average Bonchev–Trinajstić information content (AvgIpc) is 2.73. The van der Waals surface area contributed by atoms with Crippen molar-refractivity contribution < 1.29 is 26.3 Å². The summed E-state index contributed by atoms with van der Waals surface area (Å²) in [6, 6.07) is 12.6. The fraction of sp³-hybridized carbons (Fsp3) is 0.333. The van der Waals surface area contributed by atoms with E-state index in [0.717, 1.165) is 0 Å². The van der Waals surface area contributed by atoms with Gasteiger partial charge in [0.1, 0.15) is 16.4 Å². The third-order valence-corrected chi connectivity index (χ3v) is 8.42. The molecule has 8 nitrogen and oxygen atoms in total. The van der Waals surface area contributed by atoms with Crippen LogP contribution in [0.4, 0.5) is 0 Å². The van der Waals surface area contributed by atoms with E-state index in [1.54, 1.807) is 24.3 Å². The number of benzene rings is 2. The Bertz CT molecular complexity index is 1030. The lowest BCUT2D eigenvalue weighted by molar-refractivity contribution is 0.272. The molecule has 0 spiro atoms. The van der Waals surface area contributed by atoms with Crippen LogP contribution < -0.4 is 9.47 Å². The van der Waals surface area contributed by atoms with E-state index in [-0.39, 0.29) is 41.7 Å². The number of rotatable bonds is 6. The van der Waals surface area contributed by atoms with Crippen LogP contribution in [0.1, 0.15) is 0 Å². The maximum atomic E-state index is 13.0. The van der Waals surface area contributed by atoms with E-state index in [9.17, 15) is 16.8 Å². The summed E-state index contributed by atoms with van der Waals surface area (Å²) in [6.07, 6.45) is 0. The Labute approximate surface area is 165 Å². The van der Waals surface area contributed by atoms with Crippen molar-refractivity contribution in [1.82, 2.24) is 8.61 Å². The second-order valence-corrected chi connectivity index (χ2v) is 9.98. The van der Waals surface area contributed by atoms with Gasteiger partial charge in [0.2, 0.25) is 20.0 Å². The van der Waals surface area contributed by atoms with Crippen molar-refractivity contribution in [3.8, 4) is 11.5 Å². The fourth-order valence-electron chi connectivity index (χ4n) is 3.02. The zero-order valence-corrected chi connectivity index (χ0v) is 17.2. The predicted octanol–water partition coefficient (Wildman–Crippen LogP) is 1.40. The highest BCUT2D eigenvalue weighted by Crippen LogP contribution is 2.31. The van der Waals surface area contributed by atoms with Crippen LogP contribution in [-0.2, 0) is 20.0 Å². The van der Waals surface area contributed by atoms with Gasteiger partial charge in [0, 0.05) is 32.2 Å². The molecule has 1 aliphatic heterocycles. The fourth-order valence-corrected chi connectivity index (χ4v) is 6.02. The molecule has 0 aromatic heterocycles. The van der Waals surface area contributed by atoms with Gasteiger partial charge in [-0.2, -0.15) is 8.61 Å². The Morgan fingerprint density at radius 3 is 1.86 bits per heavy atom. The first-order valence-corrected chi connectivity index (χ1v) is 11.5. The Morgan fingerprint density at radius 2 is 1.32 bits per heavy atom. The third kappa shape index (κ3) is 3.86. The van der Waals surface area contributed by atoms with Gasteiger partial charge >= 0.3 is 0 Å². The molecule has 0 saturated carbocycles. The highest BCUT2D eigenvalue weighted by atomic mass is 32.2. The quantitative estimate of drug-likeness (QED) is 0.693. The minimum atomic E-state index is -3.83. The summed E-state index contributed by atoms with van der Waals surface area (Å²) >= 11 is 0. The second kappa shape index (κ2) is 8.08. The summed E-state index contributed by atoms with van der Waals surface area (Å²) in [5.74, 6) is 0.660. The Hall–Kier alpha value is -2.14. The number of sulfonamides is 2.